The van der Waals surface area contributed by atoms with E-state index in [0.717, 1.165) is 12.8 Å². The van der Waals surface area contributed by atoms with Crippen molar-refractivity contribution < 1.29 is 9.18 Å². The third kappa shape index (κ3) is 3.71. The summed E-state index contributed by atoms with van der Waals surface area (Å²) in [5.41, 5.74) is 0.181. The highest BCUT2D eigenvalue weighted by molar-refractivity contribution is 7.99. The summed E-state index contributed by atoms with van der Waals surface area (Å²) < 4.78 is 15.7. The molecule has 1 fully saturated rings. The Balaban J connectivity index is 1.70. The van der Waals surface area contributed by atoms with Gasteiger partial charge in [-0.2, -0.15) is 5.26 Å². The number of halogens is 1. The van der Waals surface area contributed by atoms with Gasteiger partial charge in [0.15, 0.2) is 0 Å². The number of amides is 1. The average molecular weight is 346 g/mol. The van der Waals surface area contributed by atoms with Gasteiger partial charge in [0, 0.05) is 6.54 Å². The number of para-hydroxylation sites is 1. The molecule has 1 saturated carbocycles. The van der Waals surface area contributed by atoms with Crippen LogP contribution in [0.25, 0.3) is 0 Å². The highest BCUT2D eigenvalue weighted by Gasteiger charge is 2.28. The lowest BCUT2D eigenvalue weighted by Crippen LogP contribution is -2.34. The third-order valence-corrected chi connectivity index (χ3v) is 4.49. The van der Waals surface area contributed by atoms with E-state index in [1.54, 1.807) is 16.8 Å². The van der Waals surface area contributed by atoms with Gasteiger partial charge in [-0.25, -0.2) is 9.07 Å². The standard InChI is InChI=1S/C15H15FN6OS/c16-12-4-1-2-5-13(12)21(9-3-8-17)14(23)10-24-15-18-19-20-22(15)11-6-7-11/h1-2,4-5,11H,3,6-7,9-10H2. The summed E-state index contributed by atoms with van der Waals surface area (Å²) in [6, 6.07) is 8.35. The second kappa shape index (κ2) is 7.40. The second-order valence-corrected chi connectivity index (χ2v) is 6.27. The number of aromatic nitrogens is 4. The Kier molecular flexibility index (Phi) is 5.05. The molecule has 0 aliphatic heterocycles. The zero-order valence-corrected chi connectivity index (χ0v) is 13.6. The largest absolute Gasteiger partial charge is 0.308 e. The summed E-state index contributed by atoms with van der Waals surface area (Å²) in [7, 11) is 0. The van der Waals surface area contributed by atoms with E-state index >= 15 is 0 Å². The van der Waals surface area contributed by atoms with Crippen molar-refractivity contribution in [1.82, 2.24) is 20.2 Å². The van der Waals surface area contributed by atoms with Crippen LogP contribution in [0.1, 0.15) is 25.3 Å². The summed E-state index contributed by atoms with van der Waals surface area (Å²) in [4.78, 5) is 13.8. The van der Waals surface area contributed by atoms with E-state index in [1.165, 1.54) is 28.8 Å². The maximum Gasteiger partial charge on any atom is 0.237 e. The van der Waals surface area contributed by atoms with Gasteiger partial charge >= 0.3 is 0 Å². The van der Waals surface area contributed by atoms with Gasteiger partial charge in [-0.1, -0.05) is 23.9 Å². The Morgan fingerprint density at radius 2 is 2.25 bits per heavy atom. The predicted molar refractivity (Wildman–Crippen MR) is 85.8 cm³/mol. The smallest absolute Gasteiger partial charge is 0.237 e. The number of carbonyl (C=O) groups is 1. The van der Waals surface area contributed by atoms with Gasteiger partial charge in [0.05, 0.1) is 30.0 Å². The first-order valence-electron chi connectivity index (χ1n) is 7.53. The number of nitriles is 1. The molecule has 1 amide bonds. The average Bonchev–Trinajstić information content (AvgIpc) is 3.33. The Labute approximate surface area is 142 Å². The molecule has 0 N–H and O–H groups in total. The molecule has 0 spiro atoms. The van der Waals surface area contributed by atoms with Crippen LogP contribution in [0.3, 0.4) is 0 Å². The number of nitrogens with zero attached hydrogens (tertiary/aromatic N) is 6. The number of thioether (sulfide) groups is 1. The van der Waals surface area contributed by atoms with Crippen molar-refractivity contribution >= 4 is 23.4 Å². The fourth-order valence-electron chi connectivity index (χ4n) is 2.24. The van der Waals surface area contributed by atoms with E-state index in [-0.39, 0.29) is 30.3 Å². The van der Waals surface area contributed by atoms with E-state index in [4.69, 9.17) is 5.26 Å². The van der Waals surface area contributed by atoms with Crippen LogP contribution in [-0.2, 0) is 4.79 Å². The molecule has 1 aliphatic carbocycles. The quantitative estimate of drug-likeness (QED) is 0.714. The van der Waals surface area contributed by atoms with E-state index < -0.39 is 5.82 Å². The fraction of sp³-hybridized carbons (Fsp3) is 0.400. The van der Waals surface area contributed by atoms with Gasteiger partial charge in [-0.05, 0) is 35.4 Å². The zero-order chi connectivity index (χ0) is 16.9. The molecule has 2 aromatic rings. The van der Waals surface area contributed by atoms with Gasteiger partial charge < -0.3 is 4.90 Å². The van der Waals surface area contributed by atoms with Crippen molar-refractivity contribution in [2.45, 2.75) is 30.5 Å². The molecular formula is C15H15FN6OS. The van der Waals surface area contributed by atoms with Crippen molar-refractivity contribution in [2.24, 2.45) is 0 Å². The lowest BCUT2D eigenvalue weighted by Gasteiger charge is -2.22. The maximum absolute atomic E-state index is 14.0. The molecule has 1 aliphatic rings. The van der Waals surface area contributed by atoms with Gasteiger partial charge in [-0.15, -0.1) is 5.10 Å². The van der Waals surface area contributed by atoms with Crippen molar-refractivity contribution in [3.05, 3.63) is 30.1 Å². The normalized spacial score (nSPS) is 13.5. The molecule has 9 heteroatoms. The molecule has 0 unspecified atom stereocenters. The van der Waals surface area contributed by atoms with Gasteiger partial charge in [-0.3, -0.25) is 4.79 Å². The SMILES string of the molecule is N#CCCN(C(=O)CSc1nnnn1C1CC1)c1ccccc1F. The molecule has 0 radical (unpaired) electrons. The van der Waals surface area contributed by atoms with Crippen molar-refractivity contribution in [1.29, 1.82) is 5.26 Å². The Hall–Kier alpha value is -2.47. The van der Waals surface area contributed by atoms with Crippen molar-refractivity contribution in [3.63, 3.8) is 0 Å². The number of hydrogen-bond donors (Lipinski definition) is 0. The molecule has 0 saturated heterocycles. The van der Waals surface area contributed by atoms with Crippen LogP contribution in [-0.4, -0.2) is 38.4 Å². The molecule has 24 heavy (non-hydrogen) atoms. The van der Waals surface area contributed by atoms with Crippen LogP contribution in [0.5, 0.6) is 0 Å². The second-order valence-electron chi connectivity index (χ2n) is 5.33. The lowest BCUT2D eigenvalue weighted by molar-refractivity contribution is -0.116. The number of hydrogen-bond acceptors (Lipinski definition) is 6. The Bertz CT molecular complexity index is 769. The summed E-state index contributed by atoms with van der Waals surface area (Å²) in [5, 5.41) is 20.9. The Morgan fingerprint density at radius 1 is 1.46 bits per heavy atom. The van der Waals surface area contributed by atoms with Crippen LogP contribution in [0.15, 0.2) is 29.4 Å². The predicted octanol–water partition coefficient (Wildman–Crippen LogP) is 2.19. The number of tetrazole rings is 1. The highest BCUT2D eigenvalue weighted by atomic mass is 32.2. The van der Waals surface area contributed by atoms with E-state index in [2.05, 4.69) is 15.5 Å². The van der Waals surface area contributed by atoms with Crippen LogP contribution >= 0.6 is 11.8 Å². The molecule has 3 rings (SSSR count). The maximum atomic E-state index is 14.0. The first-order valence-corrected chi connectivity index (χ1v) is 8.51. The van der Waals surface area contributed by atoms with Gasteiger partial charge in [0.2, 0.25) is 11.1 Å². The topological polar surface area (TPSA) is 87.7 Å². The molecule has 124 valence electrons. The van der Waals surface area contributed by atoms with E-state index in [0.29, 0.717) is 11.2 Å². The first kappa shape index (κ1) is 16.4. The highest BCUT2D eigenvalue weighted by Crippen LogP contribution is 2.36. The van der Waals surface area contributed by atoms with Gasteiger partial charge in [0.25, 0.3) is 0 Å². The number of benzene rings is 1. The van der Waals surface area contributed by atoms with E-state index in [1.807, 2.05) is 6.07 Å². The van der Waals surface area contributed by atoms with Crippen LogP contribution in [0, 0.1) is 17.1 Å². The molecule has 0 atom stereocenters. The van der Waals surface area contributed by atoms with Crippen molar-refractivity contribution in [3.8, 4) is 6.07 Å². The molecular weight excluding hydrogens is 331 g/mol. The third-order valence-electron chi connectivity index (χ3n) is 3.57. The number of anilines is 1. The Morgan fingerprint density at radius 3 is 2.96 bits per heavy atom. The first-order chi connectivity index (χ1) is 11.7. The molecule has 1 aromatic heterocycles. The molecule has 1 heterocycles. The lowest BCUT2D eigenvalue weighted by atomic mass is 10.2. The molecule has 7 nitrogen and oxygen atoms in total. The van der Waals surface area contributed by atoms with Gasteiger partial charge in [0.1, 0.15) is 5.82 Å². The molecule has 1 aromatic carbocycles. The minimum Gasteiger partial charge on any atom is -0.308 e. The van der Waals surface area contributed by atoms with E-state index in [9.17, 15) is 9.18 Å². The minimum absolute atomic E-state index is 0.0762. The minimum atomic E-state index is -0.489. The summed E-state index contributed by atoms with van der Waals surface area (Å²) in [6.45, 7) is 0.143. The summed E-state index contributed by atoms with van der Waals surface area (Å²) >= 11 is 1.22. The zero-order valence-electron chi connectivity index (χ0n) is 12.8. The van der Waals surface area contributed by atoms with Crippen LogP contribution in [0.4, 0.5) is 10.1 Å². The monoisotopic (exact) mass is 346 g/mol. The summed E-state index contributed by atoms with van der Waals surface area (Å²) in [5.74, 6) is -0.699. The summed E-state index contributed by atoms with van der Waals surface area (Å²) in [6.07, 6.45) is 2.21. The number of carbonyl (C=O) groups excluding carboxylic acids is 1. The van der Waals surface area contributed by atoms with Crippen molar-refractivity contribution in [2.75, 3.05) is 17.2 Å². The molecule has 0 bridgehead atoms. The van der Waals surface area contributed by atoms with Crippen LogP contribution in [0.2, 0.25) is 0 Å². The number of rotatable bonds is 7. The van der Waals surface area contributed by atoms with Crippen LogP contribution < -0.4 is 4.90 Å². The fourth-order valence-corrected chi connectivity index (χ4v) is 3.07.